The number of hydrogen-bond acceptors (Lipinski definition) is 6. The number of halogens is 2. The number of hydrogen-bond donors (Lipinski definition) is 2. The van der Waals surface area contributed by atoms with Crippen LogP contribution < -0.4 is 31.6 Å². The van der Waals surface area contributed by atoms with Crippen molar-refractivity contribution in [3.8, 4) is 11.3 Å². The van der Waals surface area contributed by atoms with E-state index in [2.05, 4.69) is 36.5 Å². The van der Waals surface area contributed by atoms with Crippen LogP contribution in [0, 0.1) is 13.8 Å². The highest BCUT2D eigenvalue weighted by molar-refractivity contribution is 7.92. The predicted octanol–water partition coefficient (Wildman–Crippen LogP) is 2.50. The normalized spacial score (nSPS) is 10.9. The molecule has 0 aliphatic rings. The standard InChI is InChI=1S/C24H22ClN5O2S2.BrH/c1-4-13-30-22(18-5-7-19(25)8-6-18)15-33-24(30)28-20-9-11-21(12-10-20)34(31,32)29-23-26-16(2)14-17(3)27-23;/h4-12,14-15H,1,13H2,2-3H3,(H,26,27,29);1H. The lowest BCUT2D eigenvalue weighted by Crippen LogP contribution is -3.00. The van der Waals surface area contributed by atoms with Crippen LogP contribution in [0.15, 0.2) is 77.5 Å². The van der Waals surface area contributed by atoms with E-state index in [0.717, 1.165) is 22.1 Å². The summed E-state index contributed by atoms with van der Waals surface area (Å²) in [4.78, 5) is 8.41. The summed E-state index contributed by atoms with van der Waals surface area (Å²) < 4.78 is 30.1. The summed E-state index contributed by atoms with van der Waals surface area (Å²) in [6.45, 7) is 8.05. The first-order valence-corrected chi connectivity index (χ1v) is 13.1. The molecule has 2 N–H and O–H groups in total. The fourth-order valence-corrected chi connectivity index (χ4v) is 5.43. The molecule has 4 rings (SSSR count). The summed E-state index contributed by atoms with van der Waals surface area (Å²) in [6, 6.07) is 16.0. The minimum atomic E-state index is -3.82. The molecule has 0 aliphatic heterocycles. The fourth-order valence-electron chi connectivity index (χ4n) is 3.39. The number of rotatable bonds is 8. The smallest absolute Gasteiger partial charge is 0.339 e. The van der Waals surface area contributed by atoms with E-state index in [1.54, 1.807) is 55.5 Å². The van der Waals surface area contributed by atoms with Crippen molar-refractivity contribution in [1.82, 2.24) is 9.97 Å². The lowest BCUT2D eigenvalue weighted by Gasteiger charge is -2.08. The number of aromatic nitrogens is 3. The average molecular weight is 593 g/mol. The van der Waals surface area contributed by atoms with Crippen LogP contribution in [-0.4, -0.2) is 18.4 Å². The molecule has 35 heavy (non-hydrogen) atoms. The zero-order valence-corrected chi connectivity index (χ0v) is 23.0. The zero-order valence-electron chi connectivity index (χ0n) is 19.0. The summed E-state index contributed by atoms with van der Waals surface area (Å²) in [5.41, 5.74) is 4.19. The van der Waals surface area contributed by atoms with Gasteiger partial charge in [0.2, 0.25) is 5.95 Å². The molecule has 0 atom stereocenters. The Labute approximate surface area is 224 Å². The van der Waals surface area contributed by atoms with Gasteiger partial charge in [0.15, 0.2) is 0 Å². The Kier molecular flexibility index (Phi) is 8.65. The van der Waals surface area contributed by atoms with Gasteiger partial charge in [-0.3, -0.25) is 0 Å². The number of anilines is 3. The summed E-state index contributed by atoms with van der Waals surface area (Å²) in [6.07, 6.45) is 1.83. The maximum Gasteiger partial charge on any atom is 0.339 e. The molecule has 0 spiro atoms. The number of aryl methyl sites for hydroxylation is 2. The van der Waals surface area contributed by atoms with Gasteiger partial charge in [-0.1, -0.05) is 35.6 Å². The Morgan fingerprint density at radius 3 is 2.29 bits per heavy atom. The van der Waals surface area contributed by atoms with Crippen LogP contribution in [0.25, 0.3) is 11.3 Å². The predicted molar refractivity (Wildman–Crippen MR) is 137 cm³/mol. The molecule has 4 aromatic rings. The molecule has 0 radical (unpaired) electrons. The van der Waals surface area contributed by atoms with Crippen molar-refractivity contribution in [2.45, 2.75) is 25.3 Å². The summed E-state index contributed by atoms with van der Waals surface area (Å²) in [7, 11) is -3.82. The van der Waals surface area contributed by atoms with Gasteiger partial charge in [0, 0.05) is 27.4 Å². The van der Waals surface area contributed by atoms with Crippen LogP contribution in [0.1, 0.15) is 11.4 Å². The van der Waals surface area contributed by atoms with Gasteiger partial charge in [-0.15, -0.1) is 0 Å². The highest BCUT2D eigenvalue weighted by atomic mass is 79.9. The molecule has 0 aliphatic carbocycles. The Bertz CT molecular complexity index is 1420. The Morgan fingerprint density at radius 2 is 1.69 bits per heavy atom. The lowest BCUT2D eigenvalue weighted by molar-refractivity contribution is -0.657. The van der Waals surface area contributed by atoms with Gasteiger partial charge in [-0.25, -0.2) is 33.0 Å². The number of sulfonamides is 1. The van der Waals surface area contributed by atoms with E-state index in [9.17, 15) is 8.42 Å². The number of nitrogens with zero attached hydrogens (tertiary/aromatic N) is 3. The number of benzene rings is 2. The van der Waals surface area contributed by atoms with Crippen LogP contribution >= 0.6 is 22.9 Å². The van der Waals surface area contributed by atoms with Gasteiger partial charge in [0.25, 0.3) is 10.0 Å². The quantitative estimate of drug-likeness (QED) is 0.243. The lowest BCUT2D eigenvalue weighted by atomic mass is 10.2. The Hall–Kier alpha value is -2.79. The monoisotopic (exact) mass is 591 g/mol. The van der Waals surface area contributed by atoms with Crippen LogP contribution in [0.3, 0.4) is 0 Å². The van der Waals surface area contributed by atoms with Gasteiger partial charge >= 0.3 is 5.13 Å². The van der Waals surface area contributed by atoms with Crippen molar-refractivity contribution in [3.63, 3.8) is 0 Å². The first kappa shape index (κ1) is 26.8. The van der Waals surface area contributed by atoms with Gasteiger partial charge in [-0.05, 0) is 68.4 Å². The first-order valence-electron chi connectivity index (χ1n) is 10.4. The van der Waals surface area contributed by atoms with E-state index < -0.39 is 10.0 Å². The van der Waals surface area contributed by atoms with Crippen LogP contribution in [0.2, 0.25) is 5.02 Å². The van der Waals surface area contributed by atoms with Gasteiger partial charge < -0.3 is 17.0 Å². The minimum Gasteiger partial charge on any atom is -1.00 e. The first-order chi connectivity index (χ1) is 16.2. The van der Waals surface area contributed by atoms with Crippen LogP contribution in [-0.2, 0) is 16.6 Å². The number of thiazole rings is 1. The van der Waals surface area contributed by atoms with Gasteiger partial charge in [0.05, 0.1) is 4.90 Å². The van der Waals surface area contributed by atoms with Crippen molar-refractivity contribution >= 4 is 49.7 Å². The van der Waals surface area contributed by atoms with Crippen molar-refractivity contribution in [1.29, 1.82) is 0 Å². The largest absolute Gasteiger partial charge is 1.00 e. The molecular weight excluding hydrogens is 570 g/mol. The molecule has 0 bridgehead atoms. The highest BCUT2D eigenvalue weighted by Crippen LogP contribution is 2.27. The van der Waals surface area contributed by atoms with E-state index in [4.69, 9.17) is 11.6 Å². The second kappa shape index (κ2) is 11.3. The zero-order chi connectivity index (χ0) is 24.3. The van der Waals surface area contributed by atoms with E-state index in [0.29, 0.717) is 23.0 Å². The molecular formula is C24H23BrClN5O2S2. The second-order valence-electron chi connectivity index (χ2n) is 7.56. The number of nitrogens with one attached hydrogen (secondary N) is 2. The van der Waals surface area contributed by atoms with Crippen LogP contribution in [0.5, 0.6) is 0 Å². The summed E-state index contributed by atoms with van der Waals surface area (Å²) >= 11 is 7.58. The van der Waals surface area contributed by atoms with E-state index in [1.807, 2.05) is 30.3 Å². The van der Waals surface area contributed by atoms with Crippen molar-refractivity contribution < 1.29 is 30.0 Å². The van der Waals surface area contributed by atoms with Gasteiger partial charge in [-0.2, -0.15) is 0 Å². The van der Waals surface area contributed by atoms with Crippen molar-refractivity contribution in [2.24, 2.45) is 0 Å². The molecule has 0 unspecified atom stereocenters. The van der Waals surface area contributed by atoms with E-state index in [-0.39, 0.29) is 27.8 Å². The maximum atomic E-state index is 12.8. The molecule has 0 fully saturated rings. The topological polar surface area (TPSA) is 87.9 Å². The molecule has 0 saturated carbocycles. The third-order valence-electron chi connectivity index (χ3n) is 4.89. The SMILES string of the molecule is C=CC[n+]1c(-c2ccc(Cl)cc2)csc1Nc1ccc(S(=O)(=O)Nc2nc(C)cc(C)n2)cc1.[Br-]. The fraction of sp³-hybridized carbons (Fsp3) is 0.125. The van der Waals surface area contributed by atoms with Crippen LogP contribution in [0.4, 0.5) is 16.8 Å². The summed E-state index contributed by atoms with van der Waals surface area (Å²) in [5, 5.41) is 7.00. The molecule has 7 nitrogen and oxygen atoms in total. The third-order valence-corrected chi connectivity index (χ3v) is 7.38. The Balaban J connectivity index is 0.00000342. The molecule has 182 valence electrons. The molecule has 2 aromatic heterocycles. The molecule has 0 saturated heterocycles. The van der Waals surface area contributed by atoms with E-state index in [1.165, 1.54) is 0 Å². The van der Waals surface area contributed by atoms with Gasteiger partial charge in [0.1, 0.15) is 17.9 Å². The third kappa shape index (κ3) is 6.46. The number of allylic oxidation sites excluding steroid dienone is 1. The molecule has 0 amide bonds. The summed E-state index contributed by atoms with van der Waals surface area (Å²) in [5.74, 6) is 0.0542. The maximum absolute atomic E-state index is 12.8. The molecule has 2 aromatic carbocycles. The highest BCUT2D eigenvalue weighted by Gasteiger charge is 2.20. The Morgan fingerprint density at radius 1 is 1.06 bits per heavy atom. The molecule has 2 heterocycles. The van der Waals surface area contributed by atoms with Crippen molar-refractivity contribution in [2.75, 3.05) is 10.0 Å². The minimum absolute atomic E-state index is 0. The van der Waals surface area contributed by atoms with Crippen molar-refractivity contribution in [3.05, 3.63) is 89.0 Å². The van der Waals surface area contributed by atoms with E-state index >= 15 is 0 Å². The molecule has 11 heteroatoms. The second-order valence-corrected chi connectivity index (χ2v) is 10.5. The average Bonchev–Trinajstić information content (AvgIpc) is 3.16.